The summed E-state index contributed by atoms with van der Waals surface area (Å²) in [5.41, 5.74) is 8.69. The Morgan fingerprint density at radius 3 is 2.28 bits per heavy atom. The molecule has 0 unspecified atom stereocenters. The molecular weight excluding hydrogens is 384 g/mol. The molecule has 0 saturated heterocycles. The number of nitrogens with zero attached hydrogens (tertiary/aromatic N) is 3. The van der Waals surface area contributed by atoms with Crippen molar-refractivity contribution in [3.05, 3.63) is 81.4 Å². The third kappa shape index (κ3) is 4.15. The molecule has 146 valence electrons. The number of hydrogen-bond acceptors (Lipinski definition) is 5. The second-order valence-corrected chi connectivity index (χ2v) is 7.60. The maximum absolute atomic E-state index is 6.24. The van der Waals surface area contributed by atoms with Crippen molar-refractivity contribution in [3.8, 4) is 11.3 Å². The summed E-state index contributed by atoms with van der Waals surface area (Å²) in [5.74, 6) is 1.18. The minimum Gasteiger partial charge on any atom is -0.456 e. The van der Waals surface area contributed by atoms with Gasteiger partial charge >= 0.3 is 0 Å². The van der Waals surface area contributed by atoms with Gasteiger partial charge in [-0.25, -0.2) is 15.4 Å². The van der Waals surface area contributed by atoms with Gasteiger partial charge in [0.05, 0.1) is 5.36 Å². The smallest absolute Gasteiger partial charge is 0.243 e. The SMILES string of the molecule is Cc1cc(C)c2oc(-c3ccc(Cl)cc3)c/c(=N/Nc3nc(C)cc(C)n3)c2c1. The molecule has 1 N–H and O–H groups in total. The molecule has 6 heteroatoms. The number of fused-ring (bicyclic) bond motifs is 1. The monoisotopic (exact) mass is 404 g/mol. The summed E-state index contributed by atoms with van der Waals surface area (Å²) < 4.78 is 6.24. The number of rotatable bonds is 3. The maximum Gasteiger partial charge on any atom is 0.243 e. The number of aryl methyl sites for hydroxylation is 4. The highest BCUT2D eigenvalue weighted by atomic mass is 35.5. The number of nitrogens with one attached hydrogen (secondary N) is 1. The summed E-state index contributed by atoms with van der Waals surface area (Å²) in [6.07, 6.45) is 0. The number of benzene rings is 2. The quantitative estimate of drug-likeness (QED) is 0.444. The lowest BCUT2D eigenvalue weighted by molar-refractivity contribution is 0.615. The van der Waals surface area contributed by atoms with Crippen LogP contribution in [0.2, 0.25) is 5.02 Å². The zero-order valence-corrected chi connectivity index (χ0v) is 17.5. The van der Waals surface area contributed by atoms with Crippen molar-refractivity contribution in [2.45, 2.75) is 27.7 Å². The van der Waals surface area contributed by atoms with E-state index in [4.69, 9.17) is 16.0 Å². The van der Waals surface area contributed by atoms with E-state index in [2.05, 4.69) is 39.6 Å². The van der Waals surface area contributed by atoms with Crippen LogP contribution in [0.5, 0.6) is 0 Å². The molecule has 4 rings (SSSR count). The summed E-state index contributed by atoms with van der Waals surface area (Å²) in [6, 6.07) is 15.6. The number of anilines is 1. The zero-order valence-electron chi connectivity index (χ0n) is 16.7. The topological polar surface area (TPSA) is 63.3 Å². The van der Waals surface area contributed by atoms with Gasteiger partial charge in [-0.1, -0.05) is 17.7 Å². The summed E-state index contributed by atoms with van der Waals surface area (Å²) in [4.78, 5) is 8.80. The molecule has 0 atom stereocenters. The van der Waals surface area contributed by atoms with Crippen molar-refractivity contribution >= 4 is 28.5 Å². The van der Waals surface area contributed by atoms with Gasteiger partial charge in [-0.3, -0.25) is 0 Å². The fraction of sp³-hybridized carbons (Fsp3) is 0.174. The summed E-state index contributed by atoms with van der Waals surface area (Å²) in [7, 11) is 0. The van der Waals surface area contributed by atoms with E-state index >= 15 is 0 Å². The van der Waals surface area contributed by atoms with Gasteiger partial charge < -0.3 is 4.42 Å². The van der Waals surface area contributed by atoms with Crippen molar-refractivity contribution < 1.29 is 4.42 Å². The van der Waals surface area contributed by atoms with Gasteiger partial charge in [0.25, 0.3) is 0 Å². The maximum atomic E-state index is 6.24. The molecule has 0 amide bonds. The fourth-order valence-electron chi connectivity index (χ4n) is 3.36. The summed E-state index contributed by atoms with van der Waals surface area (Å²) in [5, 5.41) is 6.98. The average Bonchev–Trinajstić information content (AvgIpc) is 2.66. The second-order valence-electron chi connectivity index (χ2n) is 7.16. The standard InChI is InChI=1S/C23H21ClN4O/c1-13-9-14(2)22-19(10-13)20(27-28-23-25-15(3)11-16(4)26-23)12-21(29-22)17-5-7-18(24)8-6-17/h5-12H,1-4H3,(H,25,26,28)/b27-20-. The van der Waals surface area contributed by atoms with Crippen LogP contribution < -0.4 is 10.8 Å². The molecule has 29 heavy (non-hydrogen) atoms. The van der Waals surface area contributed by atoms with E-state index < -0.39 is 0 Å². The Hall–Kier alpha value is -3.18. The highest BCUT2D eigenvalue weighted by molar-refractivity contribution is 6.30. The first-order chi connectivity index (χ1) is 13.9. The van der Waals surface area contributed by atoms with Gasteiger partial charge in [0.1, 0.15) is 11.3 Å². The van der Waals surface area contributed by atoms with Gasteiger partial charge in [0, 0.05) is 33.4 Å². The lowest BCUT2D eigenvalue weighted by Crippen LogP contribution is -2.10. The molecule has 5 nitrogen and oxygen atoms in total. The van der Waals surface area contributed by atoms with Crippen molar-refractivity contribution in [2.24, 2.45) is 5.10 Å². The van der Waals surface area contributed by atoms with E-state index in [-0.39, 0.29) is 0 Å². The van der Waals surface area contributed by atoms with Crippen LogP contribution in [0.4, 0.5) is 5.95 Å². The van der Waals surface area contributed by atoms with E-state index in [0.29, 0.717) is 16.7 Å². The molecule has 0 radical (unpaired) electrons. The fourth-order valence-corrected chi connectivity index (χ4v) is 3.48. The van der Waals surface area contributed by atoms with Crippen LogP contribution in [0.25, 0.3) is 22.3 Å². The molecule has 0 aliphatic carbocycles. The predicted octanol–water partition coefficient (Wildman–Crippen LogP) is 5.70. The van der Waals surface area contributed by atoms with Crippen molar-refractivity contribution in [3.63, 3.8) is 0 Å². The first kappa shape index (κ1) is 19.2. The number of halogens is 1. The molecule has 0 bridgehead atoms. The Labute approximate surface area is 174 Å². The Morgan fingerprint density at radius 2 is 1.59 bits per heavy atom. The third-order valence-corrected chi connectivity index (χ3v) is 4.81. The molecular formula is C23H21ClN4O. The molecule has 0 spiro atoms. The highest BCUT2D eigenvalue weighted by Crippen LogP contribution is 2.26. The Bertz CT molecular complexity index is 1260. The predicted molar refractivity (Wildman–Crippen MR) is 117 cm³/mol. The van der Waals surface area contributed by atoms with E-state index in [0.717, 1.165) is 44.4 Å². The minimum atomic E-state index is 0.467. The lowest BCUT2D eigenvalue weighted by atomic mass is 10.1. The van der Waals surface area contributed by atoms with E-state index in [1.165, 1.54) is 0 Å². The highest BCUT2D eigenvalue weighted by Gasteiger charge is 2.09. The second kappa shape index (κ2) is 7.68. The Morgan fingerprint density at radius 1 is 0.897 bits per heavy atom. The van der Waals surface area contributed by atoms with Crippen LogP contribution >= 0.6 is 11.6 Å². The molecule has 0 fully saturated rings. The summed E-state index contributed by atoms with van der Waals surface area (Å²) in [6.45, 7) is 7.96. The van der Waals surface area contributed by atoms with Crippen LogP contribution in [-0.2, 0) is 0 Å². The number of hydrogen-bond donors (Lipinski definition) is 1. The molecule has 0 aliphatic rings. The van der Waals surface area contributed by atoms with E-state index in [1.54, 1.807) is 0 Å². The van der Waals surface area contributed by atoms with Crippen LogP contribution in [0.15, 0.2) is 58.0 Å². The van der Waals surface area contributed by atoms with Crippen molar-refractivity contribution in [2.75, 3.05) is 5.43 Å². The van der Waals surface area contributed by atoms with Gasteiger partial charge in [-0.2, -0.15) is 5.10 Å². The third-order valence-electron chi connectivity index (χ3n) is 4.56. The lowest BCUT2D eigenvalue weighted by Gasteiger charge is -2.09. The molecule has 0 saturated carbocycles. The Kier molecular flexibility index (Phi) is 5.07. The molecule has 2 heterocycles. The van der Waals surface area contributed by atoms with Crippen LogP contribution in [0.1, 0.15) is 22.5 Å². The van der Waals surface area contributed by atoms with Gasteiger partial charge in [-0.15, -0.1) is 0 Å². The van der Waals surface area contributed by atoms with Crippen LogP contribution in [0.3, 0.4) is 0 Å². The number of aromatic nitrogens is 2. The van der Waals surface area contributed by atoms with E-state index in [1.807, 2.05) is 57.2 Å². The van der Waals surface area contributed by atoms with E-state index in [9.17, 15) is 0 Å². The molecule has 2 aromatic heterocycles. The molecule has 0 aliphatic heterocycles. The first-order valence-electron chi connectivity index (χ1n) is 9.32. The zero-order chi connectivity index (χ0) is 20.5. The largest absolute Gasteiger partial charge is 0.456 e. The van der Waals surface area contributed by atoms with Crippen molar-refractivity contribution in [1.82, 2.24) is 9.97 Å². The van der Waals surface area contributed by atoms with Crippen LogP contribution in [0, 0.1) is 27.7 Å². The van der Waals surface area contributed by atoms with Gasteiger partial charge in [-0.05, 0) is 75.2 Å². The van der Waals surface area contributed by atoms with Crippen LogP contribution in [-0.4, -0.2) is 9.97 Å². The normalized spacial score (nSPS) is 11.8. The summed E-state index contributed by atoms with van der Waals surface area (Å²) >= 11 is 6.04. The molecule has 2 aromatic carbocycles. The average molecular weight is 405 g/mol. The molecule has 4 aromatic rings. The van der Waals surface area contributed by atoms with Crippen molar-refractivity contribution in [1.29, 1.82) is 0 Å². The first-order valence-corrected chi connectivity index (χ1v) is 9.70. The van der Waals surface area contributed by atoms with Gasteiger partial charge in [0.2, 0.25) is 5.95 Å². The minimum absolute atomic E-state index is 0.467. The Balaban J connectivity index is 1.91. The van der Waals surface area contributed by atoms with Gasteiger partial charge in [0.15, 0.2) is 0 Å².